The highest BCUT2D eigenvalue weighted by Crippen LogP contribution is 2.55. The zero-order valence-corrected chi connectivity index (χ0v) is 36.7. The van der Waals surface area contributed by atoms with E-state index in [4.69, 9.17) is 0 Å². The van der Waals surface area contributed by atoms with Gasteiger partial charge in [-0.1, -0.05) is 127 Å². The highest BCUT2D eigenvalue weighted by atomic mass is 16.2. The van der Waals surface area contributed by atoms with Crippen LogP contribution in [0.2, 0.25) is 0 Å². The van der Waals surface area contributed by atoms with Crippen LogP contribution in [0.25, 0.3) is 65.3 Å². The summed E-state index contributed by atoms with van der Waals surface area (Å²) in [4.78, 5) is 86.9. The number of ketones is 6. The molecule has 0 aromatic heterocycles. The maximum absolute atomic E-state index is 14.7. The van der Waals surface area contributed by atoms with Crippen molar-refractivity contribution in [2.45, 2.75) is 0 Å². The van der Waals surface area contributed by atoms with Crippen LogP contribution in [0.4, 0.5) is 22.7 Å². The third-order valence-electron chi connectivity index (χ3n) is 15.1. The third-order valence-corrected chi connectivity index (χ3v) is 15.1. The number of quaternary nitrogens is 1. The summed E-state index contributed by atoms with van der Waals surface area (Å²) in [6, 6.07) is 51.4. The minimum Gasteiger partial charge on any atom is -0.354 e. The van der Waals surface area contributed by atoms with Crippen LogP contribution in [0.15, 0.2) is 170 Å². The SMILES string of the molecule is O=C1c2ccccc2C(=O)c2c(Nc3cc4c5c(ccc6c7ccc8c9c(cc([NH2+]c%10cccc%11c%10C(=O)c%10ccccc%10C%11=O)c(c3c56)c97)-c3ccccc3C8=O)C(=O)c3ccccc3-4)cccc21. The molecule has 4 aliphatic carbocycles. The largest absolute Gasteiger partial charge is 0.354 e. The van der Waals surface area contributed by atoms with Gasteiger partial charge in [-0.25, -0.2) is 0 Å². The molecule has 0 unspecified atom stereocenters. The van der Waals surface area contributed by atoms with Crippen molar-refractivity contribution >= 4 is 101 Å². The van der Waals surface area contributed by atoms with Crippen molar-refractivity contribution < 1.29 is 34.1 Å². The van der Waals surface area contributed by atoms with Crippen LogP contribution in [-0.4, -0.2) is 34.7 Å². The number of anilines is 2. The summed E-state index contributed by atoms with van der Waals surface area (Å²) in [5.74, 6) is -1.24. The van der Waals surface area contributed by atoms with Gasteiger partial charge in [-0.3, -0.25) is 34.1 Å². The van der Waals surface area contributed by atoms with Crippen LogP contribution < -0.4 is 10.6 Å². The maximum atomic E-state index is 14.7. The van der Waals surface area contributed by atoms with Crippen molar-refractivity contribution in [2.24, 2.45) is 0 Å². The van der Waals surface area contributed by atoms with Gasteiger partial charge in [-0.05, 0) is 63.4 Å². The summed E-state index contributed by atoms with van der Waals surface area (Å²) in [5.41, 5.74) is 10.2. The van der Waals surface area contributed by atoms with Gasteiger partial charge in [-0.15, -0.1) is 0 Å². The molecule has 0 bridgehead atoms. The number of rotatable bonds is 4. The molecule has 0 fully saturated rings. The molecule has 70 heavy (non-hydrogen) atoms. The lowest BCUT2D eigenvalue weighted by Crippen LogP contribution is -2.72. The standard InChI is InChI=1S/C62H30N2O6/c65-57-33-13-3-1-11-29(33)43-27-47(63-45-21-9-19-39-51(45)61(69)37-17-7-5-15-35(37)59(39)67)55-53-31(23-25-41(57)49(43)53)32-24-26-42-50-44(30-12-2-4-14-34(30)58(42)66)28-48(56(55)54(32)50)64-46-22-10-20-40-52(46)62(70)38-18-8-6-16-36(38)60(40)68/h1-28,63-64H/p+1. The quantitative estimate of drug-likeness (QED) is 0.102. The Kier molecular flexibility index (Phi) is 7.48. The van der Waals surface area contributed by atoms with Crippen LogP contribution in [0.1, 0.15) is 95.5 Å². The summed E-state index contributed by atoms with van der Waals surface area (Å²) in [5, 5.41) is 12.0. The fourth-order valence-electron chi connectivity index (χ4n) is 12.1. The molecule has 0 saturated heterocycles. The lowest BCUT2D eigenvalue weighted by atomic mass is 9.75. The second kappa shape index (κ2) is 13.6. The Bertz CT molecular complexity index is 4140. The van der Waals surface area contributed by atoms with Crippen LogP contribution in [0.3, 0.4) is 0 Å². The lowest BCUT2D eigenvalue weighted by molar-refractivity contribution is -0.477. The van der Waals surface area contributed by atoms with E-state index in [9.17, 15) is 28.8 Å². The predicted octanol–water partition coefficient (Wildman–Crippen LogP) is 12.0. The van der Waals surface area contributed by atoms with E-state index in [-0.39, 0.29) is 45.8 Å². The topological polar surface area (TPSA) is 131 Å². The molecule has 0 radical (unpaired) electrons. The van der Waals surface area contributed by atoms with Gasteiger partial charge in [0.15, 0.2) is 28.9 Å². The Morgan fingerprint density at radius 2 is 0.671 bits per heavy atom. The number of carbonyl (C=O) groups is 6. The Hall–Kier alpha value is -9.50. The second-order valence-corrected chi connectivity index (χ2v) is 18.5. The first-order valence-corrected chi connectivity index (χ1v) is 23.1. The van der Waals surface area contributed by atoms with E-state index in [1.54, 1.807) is 78.9 Å². The first-order valence-electron chi connectivity index (χ1n) is 23.1. The van der Waals surface area contributed by atoms with Crippen molar-refractivity contribution in [3.63, 3.8) is 0 Å². The average Bonchev–Trinajstić information content (AvgIpc) is 3.40. The first-order chi connectivity index (χ1) is 34.3. The number of hydrogen-bond acceptors (Lipinski definition) is 7. The average molecular weight is 900 g/mol. The fraction of sp³-hybridized carbons (Fsp3) is 0. The van der Waals surface area contributed by atoms with E-state index in [1.165, 1.54) is 0 Å². The highest BCUT2D eigenvalue weighted by molar-refractivity contribution is 6.45. The summed E-state index contributed by atoms with van der Waals surface area (Å²) in [7, 11) is 0. The van der Waals surface area contributed by atoms with E-state index in [1.807, 2.05) is 90.2 Å². The molecule has 4 aliphatic rings. The molecular weight excluding hydrogens is 869 g/mol. The van der Waals surface area contributed by atoms with E-state index in [2.05, 4.69) is 11.4 Å². The van der Waals surface area contributed by atoms with E-state index >= 15 is 0 Å². The fourth-order valence-corrected chi connectivity index (χ4v) is 12.1. The summed E-state index contributed by atoms with van der Waals surface area (Å²) >= 11 is 0. The molecule has 0 heterocycles. The molecule has 15 rings (SSSR count). The summed E-state index contributed by atoms with van der Waals surface area (Å²) in [6.07, 6.45) is 0. The summed E-state index contributed by atoms with van der Waals surface area (Å²) in [6.45, 7) is 0. The van der Waals surface area contributed by atoms with Crippen molar-refractivity contribution in [3.8, 4) is 22.3 Å². The zero-order valence-electron chi connectivity index (χ0n) is 36.7. The first kappa shape index (κ1) is 38.6. The number of carbonyl (C=O) groups excluding carboxylic acids is 6. The van der Waals surface area contributed by atoms with E-state index < -0.39 is 0 Å². The van der Waals surface area contributed by atoms with E-state index in [0.717, 1.165) is 60.0 Å². The molecule has 8 heteroatoms. The third kappa shape index (κ3) is 4.81. The molecule has 11 aromatic rings. The smallest absolute Gasteiger partial charge is 0.200 e. The van der Waals surface area contributed by atoms with Gasteiger partial charge in [0.05, 0.1) is 22.2 Å². The number of nitrogens with one attached hydrogen (secondary N) is 1. The van der Waals surface area contributed by atoms with Gasteiger partial charge in [0.2, 0.25) is 5.78 Å². The van der Waals surface area contributed by atoms with Gasteiger partial charge < -0.3 is 5.32 Å². The van der Waals surface area contributed by atoms with Crippen molar-refractivity contribution in [1.82, 2.24) is 0 Å². The van der Waals surface area contributed by atoms with Crippen LogP contribution in [0, 0.1) is 0 Å². The zero-order chi connectivity index (χ0) is 46.8. The Morgan fingerprint density at radius 1 is 0.257 bits per heavy atom. The van der Waals surface area contributed by atoms with Gasteiger partial charge in [0.1, 0.15) is 11.4 Å². The highest BCUT2D eigenvalue weighted by Gasteiger charge is 2.38. The minimum atomic E-state index is -0.285. The minimum absolute atomic E-state index is 0.104. The monoisotopic (exact) mass is 899 g/mol. The number of nitrogens with two attached hydrogens (primary N) is 1. The number of fused-ring (bicyclic) bond motifs is 10. The molecule has 11 aromatic carbocycles. The van der Waals surface area contributed by atoms with Crippen LogP contribution in [0.5, 0.6) is 0 Å². The molecule has 3 N–H and O–H groups in total. The molecule has 0 aliphatic heterocycles. The molecule has 8 nitrogen and oxygen atoms in total. The number of benzene rings is 11. The normalized spacial score (nSPS) is 13.9. The second-order valence-electron chi connectivity index (χ2n) is 18.5. The predicted molar refractivity (Wildman–Crippen MR) is 269 cm³/mol. The molecule has 324 valence electrons. The van der Waals surface area contributed by atoms with Crippen molar-refractivity contribution in [1.29, 1.82) is 0 Å². The molecule has 0 saturated carbocycles. The van der Waals surface area contributed by atoms with E-state index in [0.29, 0.717) is 83.8 Å². The van der Waals surface area contributed by atoms with Crippen molar-refractivity contribution in [3.05, 3.63) is 237 Å². The number of hydrogen-bond donors (Lipinski definition) is 2. The Morgan fingerprint density at radius 3 is 1.23 bits per heavy atom. The molecular formula is C62H31N2O6+. The Labute approximate surface area is 397 Å². The molecule has 0 spiro atoms. The van der Waals surface area contributed by atoms with Gasteiger partial charge in [0, 0.05) is 100 Å². The summed E-state index contributed by atoms with van der Waals surface area (Å²) < 4.78 is 0. The maximum Gasteiger partial charge on any atom is 0.200 e. The van der Waals surface area contributed by atoms with Gasteiger partial charge >= 0.3 is 0 Å². The van der Waals surface area contributed by atoms with Gasteiger partial charge in [-0.2, -0.15) is 0 Å². The lowest BCUT2D eigenvalue weighted by Gasteiger charge is -2.28. The molecule has 0 atom stereocenters. The molecule has 0 amide bonds. The van der Waals surface area contributed by atoms with Crippen molar-refractivity contribution in [2.75, 3.05) is 5.32 Å². The van der Waals surface area contributed by atoms with Crippen LogP contribution >= 0.6 is 0 Å². The Balaban J connectivity index is 1.10. The van der Waals surface area contributed by atoms with Gasteiger partial charge in [0.25, 0.3) is 0 Å². The van der Waals surface area contributed by atoms with Crippen LogP contribution in [-0.2, 0) is 0 Å².